The maximum Gasteiger partial charge on any atom is 0.341 e. The third kappa shape index (κ3) is 5.35. The van der Waals surface area contributed by atoms with E-state index < -0.39 is 22.1 Å². The molecular formula is C27H25FN6O6S. The molecule has 1 amide bonds. The number of piperazine rings is 1. The number of carboxylic acid groups (broad SMARTS) is 1. The van der Waals surface area contributed by atoms with Gasteiger partial charge in [0.05, 0.1) is 26.3 Å². The summed E-state index contributed by atoms with van der Waals surface area (Å²) >= 11 is 1.17. The first-order valence-corrected chi connectivity index (χ1v) is 13.9. The van der Waals surface area contributed by atoms with Crippen LogP contribution in [0.4, 0.5) is 20.9 Å². The number of nitro groups is 1. The number of benzene rings is 2. The van der Waals surface area contributed by atoms with Crippen LogP contribution in [0.5, 0.6) is 0 Å². The van der Waals surface area contributed by atoms with Crippen molar-refractivity contribution in [1.29, 1.82) is 0 Å². The number of thiazole rings is 1. The van der Waals surface area contributed by atoms with Crippen LogP contribution in [0, 0.1) is 15.9 Å². The molecule has 2 aliphatic rings. The molecule has 14 heteroatoms. The largest absolute Gasteiger partial charge is 0.477 e. The van der Waals surface area contributed by atoms with E-state index in [4.69, 9.17) is 0 Å². The van der Waals surface area contributed by atoms with Crippen molar-refractivity contribution >= 4 is 60.8 Å². The van der Waals surface area contributed by atoms with Crippen molar-refractivity contribution in [3.05, 3.63) is 68.2 Å². The fourth-order valence-electron chi connectivity index (χ4n) is 5.14. The number of amides is 1. The lowest BCUT2D eigenvalue weighted by molar-refractivity contribution is -0.384. The Morgan fingerprint density at radius 3 is 2.61 bits per heavy atom. The Morgan fingerprint density at radius 1 is 1.17 bits per heavy atom. The van der Waals surface area contributed by atoms with Crippen LogP contribution in [-0.2, 0) is 4.79 Å². The van der Waals surface area contributed by atoms with Crippen molar-refractivity contribution in [2.24, 2.45) is 0 Å². The molecular weight excluding hydrogens is 555 g/mol. The molecule has 12 nitrogen and oxygen atoms in total. The van der Waals surface area contributed by atoms with Gasteiger partial charge in [-0.1, -0.05) is 11.3 Å². The first-order chi connectivity index (χ1) is 19.7. The van der Waals surface area contributed by atoms with Crippen molar-refractivity contribution in [2.45, 2.75) is 25.3 Å². The highest BCUT2D eigenvalue weighted by Gasteiger charge is 2.28. The average molecular weight is 581 g/mol. The number of anilines is 2. The van der Waals surface area contributed by atoms with Gasteiger partial charge >= 0.3 is 5.97 Å². The van der Waals surface area contributed by atoms with Gasteiger partial charge in [0, 0.05) is 68.9 Å². The molecule has 6 rings (SSSR count). The third-order valence-corrected chi connectivity index (χ3v) is 8.40. The normalized spacial score (nSPS) is 15.9. The number of rotatable bonds is 8. The second-order valence-electron chi connectivity index (χ2n) is 10.2. The Bertz CT molecular complexity index is 1780. The van der Waals surface area contributed by atoms with Gasteiger partial charge in [-0.05, 0) is 31.0 Å². The van der Waals surface area contributed by atoms with Gasteiger partial charge < -0.3 is 19.9 Å². The number of carbonyl (C=O) groups excluding carboxylic acids is 1. The van der Waals surface area contributed by atoms with E-state index in [1.165, 1.54) is 29.7 Å². The molecule has 4 aromatic rings. The Balaban J connectivity index is 1.09. The molecule has 1 saturated carbocycles. The standard InChI is InChI=1S/C27H25FN6O6S/c28-19-12-17-21(33(15-1-2-15)14-18(25(17)36)26(37)38)13-22(19)32-9-7-31(8-10-32)6-5-24(35)30-27-29-20-4-3-16(34(39)40)11-23(20)41-27/h3-4,11-15H,1-2,5-10H2,(H,37,38)(H,29,30,35). The first kappa shape index (κ1) is 26.8. The average Bonchev–Trinajstić information content (AvgIpc) is 3.71. The van der Waals surface area contributed by atoms with Crippen LogP contribution in [-0.4, -0.2) is 69.1 Å². The van der Waals surface area contributed by atoms with Gasteiger partial charge in [-0.15, -0.1) is 0 Å². The quantitative estimate of drug-likeness (QED) is 0.234. The molecule has 3 heterocycles. The zero-order valence-electron chi connectivity index (χ0n) is 21.7. The van der Waals surface area contributed by atoms with Crippen molar-refractivity contribution in [2.75, 3.05) is 42.9 Å². The zero-order valence-corrected chi connectivity index (χ0v) is 22.5. The summed E-state index contributed by atoms with van der Waals surface area (Å²) in [6.07, 6.45) is 3.34. The van der Waals surface area contributed by atoms with E-state index in [9.17, 15) is 29.6 Å². The number of fused-ring (bicyclic) bond motifs is 2. The molecule has 2 N–H and O–H groups in total. The van der Waals surface area contributed by atoms with Crippen LogP contribution < -0.4 is 15.6 Å². The summed E-state index contributed by atoms with van der Waals surface area (Å²) in [5.74, 6) is -2.12. The predicted octanol–water partition coefficient (Wildman–Crippen LogP) is 3.84. The van der Waals surface area contributed by atoms with Gasteiger partial charge in [0.15, 0.2) is 5.13 Å². The summed E-state index contributed by atoms with van der Waals surface area (Å²) < 4.78 is 17.6. The van der Waals surface area contributed by atoms with Crippen LogP contribution in [0.2, 0.25) is 0 Å². The molecule has 0 unspecified atom stereocenters. The number of carbonyl (C=O) groups is 2. The molecule has 0 spiro atoms. The number of halogens is 1. The second-order valence-corrected chi connectivity index (χ2v) is 11.2. The van der Waals surface area contributed by atoms with E-state index in [-0.39, 0.29) is 35.0 Å². The Morgan fingerprint density at radius 2 is 1.93 bits per heavy atom. The predicted molar refractivity (Wildman–Crippen MR) is 152 cm³/mol. The third-order valence-electron chi connectivity index (χ3n) is 7.47. The summed E-state index contributed by atoms with van der Waals surface area (Å²) in [5, 5.41) is 23.6. The molecule has 1 aliphatic heterocycles. The number of nitrogens with zero attached hydrogens (tertiary/aromatic N) is 5. The Labute approximate surface area is 235 Å². The molecule has 2 fully saturated rings. The van der Waals surface area contributed by atoms with E-state index in [0.717, 1.165) is 18.9 Å². The lowest BCUT2D eigenvalue weighted by Gasteiger charge is -2.36. The van der Waals surface area contributed by atoms with Crippen LogP contribution in [0.25, 0.3) is 21.1 Å². The number of hydrogen-bond donors (Lipinski definition) is 2. The van der Waals surface area contributed by atoms with Crippen molar-refractivity contribution in [3.8, 4) is 0 Å². The number of nitrogens with one attached hydrogen (secondary N) is 1. The van der Waals surface area contributed by atoms with E-state index in [2.05, 4.69) is 15.2 Å². The van der Waals surface area contributed by atoms with Crippen molar-refractivity contribution < 1.29 is 24.0 Å². The molecule has 0 radical (unpaired) electrons. The number of nitro benzene ring substituents is 1. The Kier molecular flexibility index (Phi) is 6.87. The van der Waals surface area contributed by atoms with E-state index in [1.54, 1.807) is 16.7 Å². The van der Waals surface area contributed by atoms with E-state index in [0.29, 0.717) is 59.3 Å². The smallest absolute Gasteiger partial charge is 0.341 e. The highest BCUT2D eigenvalue weighted by molar-refractivity contribution is 7.22. The number of pyridine rings is 1. The SMILES string of the molecule is O=C(CCN1CCN(c2cc3c(cc2F)c(=O)c(C(=O)O)cn3C2CC2)CC1)Nc1nc2ccc([N+](=O)[O-])cc2s1. The minimum absolute atomic E-state index is 0.0358. The summed E-state index contributed by atoms with van der Waals surface area (Å²) in [6, 6.07) is 7.24. The first-order valence-electron chi connectivity index (χ1n) is 13.1. The van der Waals surface area contributed by atoms with Crippen LogP contribution >= 0.6 is 11.3 Å². The number of aromatic carboxylic acids is 1. The molecule has 2 aromatic carbocycles. The number of hydrogen-bond acceptors (Lipinski definition) is 9. The maximum absolute atomic E-state index is 15.2. The topological polar surface area (TPSA) is 151 Å². The van der Waals surface area contributed by atoms with Crippen molar-refractivity contribution in [3.63, 3.8) is 0 Å². The van der Waals surface area contributed by atoms with Crippen LogP contribution in [0.15, 0.2) is 41.3 Å². The lowest BCUT2D eigenvalue weighted by atomic mass is 10.1. The number of non-ortho nitro benzene ring substituents is 1. The molecule has 2 aromatic heterocycles. The fraction of sp³-hybridized carbons (Fsp3) is 0.333. The van der Waals surface area contributed by atoms with E-state index >= 15 is 4.39 Å². The summed E-state index contributed by atoms with van der Waals surface area (Å²) in [7, 11) is 0. The van der Waals surface area contributed by atoms with Crippen molar-refractivity contribution in [1.82, 2.24) is 14.5 Å². The van der Waals surface area contributed by atoms with Gasteiger partial charge in [0.25, 0.3) is 5.69 Å². The molecule has 41 heavy (non-hydrogen) atoms. The van der Waals surface area contributed by atoms with E-state index in [1.807, 2.05) is 4.90 Å². The lowest BCUT2D eigenvalue weighted by Crippen LogP contribution is -2.47. The Hall–Kier alpha value is -4.43. The molecule has 0 atom stereocenters. The zero-order chi connectivity index (χ0) is 28.8. The molecule has 0 bridgehead atoms. The van der Waals surface area contributed by atoms with Gasteiger partial charge in [-0.2, -0.15) is 0 Å². The highest BCUT2D eigenvalue weighted by Crippen LogP contribution is 2.38. The minimum Gasteiger partial charge on any atom is -0.477 e. The maximum atomic E-state index is 15.2. The van der Waals surface area contributed by atoms with Crippen LogP contribution in [0.1, 0.15) is 35.7 Å². The summed E-state index contributed by atoms with van der Waals surface area (Å²) in [4.78, 5) is 55.7. The van der Waals surface area contributed by atoms with Gasteiger partial charge in [-0.3, -0.25) is 24.6 Å². The summed E-state index contributed by atoms with van der Waals surface area (Å²) in [6.45, 7) is 2.73. The fourth-order valence-corrected chi connectivity index (χ4v) is 6.06. The number of carboxylic acids is 1. The van der Waals surface area contributed by atoms with Crippen LogP contribution in [0.3, 0.4) is 0 Å². The second kappa shape index (κ2) is 10.5. The van der Waals surface area contributed by atoms with Gasteiger partial charge in [0.1, 0.15) is 11.4 Å². The van der Waals surface area contributed by atoms with Gasteiger partial charge in [0.2, 0.25) is 11.3 Å². The monoisotopic (exact) mass is 580 g/mol. The molecule has 1 aliphatic carbocycles. The summed E-state index contributed by atoms with van der Waals surface area (Å²) in [5.41, 5.74) is 0.382. The molecule has 212 valence electrons. The molecule has 1 saturated heterocycles. The number of aromatic nitrogens is 2. The highest BCUT2D eigenvalue weighted by atomic mass is 32.1. The minimum atomic E-state index is -1.33. The van der Waals surface area contributed by atoms with Gasteiger partial charge in [-0.25, -0.2) is 14.2 Å².